The second kappa shape index (κ2) is 9.26. The molecule has 1 aliphatic carbocycles. The molecule has 30 heavy (non-hydrogen) atoms. The Morgan fingerprint density at radius 3 is 2.13 bits per heavy atom. The molecule has 3 aromatic rings. The first-order valence-corrected chi connectivity index (χ1v) is 10.9. The zero-order chi connectivity index (χ0) is 20.9. The number of fused-ring (bicyclic) bond motifs is 3. The Kier molecular flexibility index (Phi) is 6.29. The number of unbranched alkanes of at least 4 members (excludes halogenated alkanes) is 4. The number of halogens is 2. The van der Waals surface area contributed by atoms with Crippen molar-refractivity contribution in [1.29, 1.82) is 0 Å². The molecule has 0 radical (unpaired) electrons. The average molecular weight is 401 g/mol. The van der Waals surface area contributed by atoms with Crippen molar-refractivity contribution in [2.75, 3.05) is 0 Å². The lowest BCUT2D eigenvalue weighted by Crippen LogP contribution is -1.89. The fourth-order valence-electron chi connectivity index (χ4n) is 4.15. The lowest BCUT2D eigenvalue weighted by atomic mass is 9.99. The number of benzene rings is 3. The van der Waals surface area contributed by atoms with Gasteiger partial charge in [0.25, 0.3) is 0 Å². The maximum absolute atomic E-state index is 13.4. The third-order valence-electron chi connectivity index (χ3n) is 5.79. The molecule has 0 nitrogen and oxygen atoms in total. The Morgan fingerprint density at radius 2 is 1.37 bits per heavy atom. The third-order valence-corrected chi connectivity index (χ3v) is 5.79. The Bertz CT molecular complexity index is 1120. The second-order valence-corrected chi connectivity index (χ2v) is 8.08. The summed E-state index contributed by atoms with van der Waals surface area (Å²) in [5.74, 6) is 4.29. The highest BCUT2D eigenvalue weighted by molar-refractivity contribution is 5.77. The lowest BCUT2D eigenvalue weighted by molar-refractivity contribution is 0.508. The van der Waals surface area contributed by atoms with E-state index in [1.54, 1.807) is 0 Å². The van der Waals surface area contributed by atoms with E-state index in [0.29, 0.717) is 5.56 Å². The molecule has 152 valence electrons. The van der Waals surface area contributed by atoms with Crippen molar-refractivity contribution >= 4 is 0 Å². The fraction of sp³-hybridized carbons (Fsp3) is 0.286. The van der Waals surface area contributed by atoms with E-state index in [4.69, 9.17) is 0 Å². The SMILES string of the molecule is CCCCCCCc1ccc2c(c1)Cc1cc(C#Cc3ccc(F)c(F)c3)ccc1-2. The molecule has 1 aliphatic rings. The zero-order valence-corrected chi connectivity index (χ0v) is 17.4. The van der Waals surface area contributed by atoms with Crippen LogP contribution in [-0.2, 0) is 12.8 Å². The summed E-state index contributed by atoms with van der Waals surface area (Å²) >= 11 is 0. The van der Waals surface area contributed by atoms with Gasteiger partial charge in [-0.25, -0.2) is 8.78 Å². The van der Waals surface area contributed by atoms with Crippen LogP contribution in [0.4, 0.5) is 8.78 Å². The predicted octanol–water partition coefficient (Wildman–Crippen LogP) is 7.45. The minimum absolute atomic E-state index is 0.473. The molecule has 0 aliphatic heterocycles. The van der Waals surface area contributed by atoms with Gasteiger partial charge in [0, 0.05) is 11.1 Å². The molecule has 0 bridgehead atoms. The first-order chi connectivity index (χ1) is 14.6. The topological polar surface area (TPSA) is 0 Å². The molecule has 0 saturated carbocycles. The van der Waals surface area contributed by atoms with E-state index in [1.807, 2.05) is 6.07 Å². The molecule has 3 aromatic carbocycles. The van der Waals surface area contributed by atoms with Gasteiger partial charge in [-0.15, -0.1) is 0 Å². The van der Waals surface area contributed by atoms with E-state index in [-0.39, 0.29) is 0 Å². The molecular formula is C28H26F2. The zero-order valence-electron chi connectivity index (χ0n) is 17.4. The summed E-state index contributed by atoms with van der Waals surface area (Å²) in [4.78, 5) is 0. The number of hydrogen-bond donors (Lipinski definition) is 0. The van der Waals surface area contributed by atoms with Crippen molar-refractivity contribution in [2.45, 2.75) is 51.9 Å². The van der Waals surface area contributed by atoms with Crippen LogP contribution in [0.15, 0.2) is 54.6 Å². The van der Waals surface area contributed by atoms with Crippen LogP contribution in [0.25, 0.3) is 11.1 Å². The number of rotatable bonds is 6. The summed E-state index contributed by atoms with van der Waals surface area (Å²) in [7, 11) is 0. The summed E-state index contributed by atoms with van der Waals surface area (Å²) in [6.07, 6.45) is 8.60. The van der Waals surface area contributed by atoms with Crippen molar-refractivity contribution in [2.24, 2.45) is 0 Å². The highest BCUT2D eigenvalue weighted by Crippen LogP contribution is 2.37. The van der Waals surface area contributed by atoms with Gasteiger partial charge in [0.2, 0.25) is 0 Å². The van der Waals surface area contributed by atoms with Gasteiger partial charge in [0.15, 0.2) is 11.6 Å². The summed E-state index contributed by atoms with van der Waals surface area (Å²) < 4.78 is 26.4. The third kappa shape index (κ3) is 4.62. The van der Waals surface area contributed by atoms with Crippen LogP contribution in [0.1, 0.15) is 66.8 Å². The van der Waals surface area contributed by atoms with Crippen molar-refractivity contribution in [1.82, 2.24) is 0 Å². The van der Waals surface area contributed by atoms with Crippen molar-refractivity contribution < 1.29 is 8.78 Å². The maximum atomic E-state index is 13.4. The molecule has 0 spiro atoms. The first kappa shape index (κ1) is 20.4. The molecule has 0 saturated heterocycles. The van der Waals surface area contributed by atoms with Crippen LogP contribution in [-0.4, -0.2) is 0 Å². The Labute approximate surface area is 178 Å². The smallest absolute Gasteiger partial charge is 0.160 e. The predicted molar refractivity (Wildman–Crippen MR) is 119 cm³/mol. The van der Waals surface area contributed by atoms with Crippen LogP contribution < -0.4 is 0 Å². The second-order valence-electron chi connectivity index (χ2n) is 8.08. The van der Waals surface area contributed by atoms with Gasteiger partial charge in [-0.2, -0.15) is 0 Å². The minimum atomic E-state index is -0.868. The molecular weight excluding hydrogens is 374 g/mol. The van der Waals surface area contributed by atoms with Gasteiger partial charge in [0.1, 0.15) is 0 Å². The standard InChI is InChI=1S/C28H26F2/c1-2-3-4-5-6-7-20-10-13-25-23(16-20)19-24-17-21(11-14-26(24)25)8-9-22-12-15-27(29)28(30)18-22/h10-18H,2-7,19H2,1H3. The molecule has 0 heterocycles. The van der Waals surface area contributed by atoms with E-state index in [0.717, 1.165) is 30.5 Å². The summed E-state index contributed by atoms with van der Waals surface area (Å²) in [5, 5.41) is 0. The van der Waals surface area contributed by atoms with Crippen molar-refractivity contribution in [3.05, 3.63) is 94.0 Å². The van der Waals surface area contributed by atoms with E-state index in [9.17, 15) is 8.78 Å². The molecule has 0 N–H and O–H groups in total. The highest BCUT2D eigenvalue weighted by Gasteiger charge is 2.18. The largest absolute Gasteiger partial charge is 0.204 e. The van der Waals surface area contributed by atoms with Crippen LogP contribution in [0.3, 0.4) is 0 Å². The summed E-state index contributed by atoms with van der Waals surface area (Å²) in [5.41, 5.74) is 8.06. The fourth-order valence-corrected chi connectivity index (χ4v) is 4.15. The van der Waals surface area contributed by atoms with E-state index in [2.05, 4.69) is 49.1 Å². The lowest BCUT2D eigenvalue weighted by Gasteiger charge is -2.06. The van der Waals surface area contributed by atoms with Crippen LogP contribution in [0.5, 0.6) is 0 Å². The average Bonchev–Trinajstić information content (AvgIpc) is 3.11. The van der Waals surface area contributed by atoms with Gasteiger partial charge in [0.05, 0.1) is 0 Å². The van der Waals surface area contributed by atoms with Gasteiger partial charge in [-0.3, -0.25) is 0 Å². The molecule has 2 heteroatoms. The van der Waals surface area contributed by atoms with Crippen molar-refractivity contribution in [3.8, 4) is 23.0 Å². The maximum Gasteiger partial charge on any atom is 0.160 e. The van der Waals surface area contributed by atoms with E-state index < -0.39 is 11.6 Å². The monoisotopic (exact) mass is 400 g/mol. The Hall–Kier alpha value is -2.92. The molecule has 0 aromatic heterocycles. The van der Waals surface area contributed by atoms with Crippen LogP contribution >= 0.6 is 0 Å². The normalized spacial score (nSPS) is 11.6. The van der Waals surface area contributed by atoms with Gasteiger partial charge < -0.3 is 0 Å². The molecule has 0 amide bonds. The molecule has 0 unspecified atom stereocenters. The Balaban J connectivity index is 1.46. The molecule has 0 fully saturated rings. The van der Waals surface area contributed by atoms with E-state index in [1.165, 1.54) is 66.0 Å². The quantitative estimate of drug-likeness (QED) is 0.233. The van der Waals surface area contributed by atoms with Gasteiger partial charge in [-0.1, -0.05) is 68.7 Å². The van der Waals surface area contributed by atoms with Gasteiger partial charge in [-0.05, 0) is 77.4 Å². The highest BCUT2D eigenvalue weighted by atomic mass is 19.2. The van der Waals surface area contributed by atoms with Gasteiger partial charge >= 0.3 is 0 Å². The Morgan fingerprint density at radius 1 is 0.700 bits per heavy atom. The van der Waals surface area contributed by atoms with Crippen molar-refractivity contribution in [3.63, 3.8) is 0 Å². The molecule has 4 rings (SSSR count). The number of aryl methyl sites for hydroxylation is 1. The van der Waals surface area contributed by atoms with Crippen LogP contribution in [0.2, 0.25) is 0 Å². The summed E-state index contributed by atoms with van der Waals surface area (Å²) in [6, 6.07) is 16.9. The number of hydrogen-bond acceptors (Lipinski definition) is 0. The first-order valence-electron chi connectivity index (χ1n) is 10.9. The molecule has 0 atom stereocenters. The van der Waals surface area contributed by atoms with E-state index >= 15 is 0 Å². The summed E-state index contributed by atoms with van der Waals surface area (Å²) in [6.45, 7) is 2.25. The minimum Gasteiger partial charge on any atom is -0.204 e. The van der Waals surface area contributed by atoms with Crippen LogP contribution in [0, 0.1) is 23.5 Å².